The van der Waals surface area contributed by atoms with Crippen LogP contribution in [0.4, 0.5) is 9.93 Å². The lowest BCUT2D eigenvalue weighted by molar-refractivity contribution is -0.142. The van der Waals surface area contributed by atoms with Crippen LogP contribution in [0.25, 0.3) is 10.9 Å². The van der Waals surface area contributed by atoms with Crippen LogP contribution in [0.15, 0.2) is 34.9 Å². The predicted molar refractivity (Wildman–Crippen MR) is 115 cm³/mol. The van der Waals surface area contributed by atoms with E-state index in [1.807, 2.05) is 12.1 Å². The topological polar surface area (TPSA) is 108 Å². The highest BCUT2D eigenvalue weighted by Gasteiger charge is 2.20. The average molecular weight is 430 g/mol. The van der Waals surface area contributed by atoms with Crippen LogP contribution in [0.1, 0.15) is 39.0 Å². The van der Waals surface area contributed by atoms with E-state index in [1.54, 1.807) is 51.6 Å². The summed E-state index contributed by atoms with van der Waals surface area (Å²) < 4.78 is 11.5. The van der Waals surface area contributed by atoms with Crippen molar-refractivity contribution in [3.05, 3.63) is 41.0 Å². The molecule has 1 N–H and O–H groups in total. The van der Waals surface area contributed by atoms with Gasteiger partial charge in [-0.3, -0.25) is 10.2 Å². The molecule has 158 valence electrons. The molecule has 0 bridgehead atoms. The predicted octanol–water partition coefficient (Wildman–Crippen LogP) is 3.83. The molecule has 0 saturated carbocycles. The van der Waals surface area contributed by atoms with E-state index in [1.165, 1.54) is 16.0 Å². The van der Waals surface area contributed by atoms with Crippen molar-refractivity contribution in [3.63, 3.8) is 0 Å². The van der Waals surface area contributed by atoms with E-state index < -0.39 is 11.7 Å². The Kier molecular flexibility index (Phi) is 6.46. The zero-order chi connectivity index (χ0) is 21.7. The molecule has 0 saturated heterocycles. The van der Waals surface area contributed by atoms with E-state index in [4.69, 9.17) is 9.47 Å². The molecule has 3 rings (SSSR count). The van der Waals surface area contributed by atoms with Crippen LogP contribution in [0, 0.1) is 0 Å². The fourth-order valence-electron chi connectivity index (χ4n) is 2.54. The summed E-state index contributed by atoms with van der Waals surface area (Å²) in [6.45, 7) is 7.53. The van der Waals surface area contributed by atoms with Gasteiger partial charge in [-0.1, -0.05) is 6.07 Å². The molecule has 2 aromatic heterocycles. The van der Waals surface area contributed by atoms with Gasteiger partial charge in [0, 0.05) is 10.8 Å². The lowest BCUT2D eigenvalue weighted by Crippen LogP contribution is -2.27. The quantitative estimate of drug-likeness (QED) is 0.360. The fourth-order valence-corrected chi connectivity index (χ4v) is 3.20. The fraction of sp³-hybridized carbons (Fsp3) is 0.350. The van der Waals surface area contributed by atoms with Crippen LogP contribution in [0.3, 0.4) is 0 Å². The molecule has 2 heterocycles. The number of ether oxygens (including phenoxy) is 2. The van der Waals surface area contributed by atoms with E-state index >= 15 is 0 Å². The molecular formula is C20H23N5O4S. The molecule has 0 fully saturated rings. The van der Waals surface area contributed by atoms with Crippen molar-refractivity contribution in [2.45, 2.75) is 39.7 Å². The molecule has 0 atom stereocenters. The largest absolute Gasteiger partial charge is 0.466 e. The summed E-state index contributed by atoms with van der Waals surface area (Å²) in [5.74, 6) is -0.307. The van der Waals surface area contributed by atoms with Gasteiger partial charge in [0.2, 0.25) is 5.13 Å². The van der Waals surface area contributed by atoms with Crippen molar-refractivity contribution in [1.29, 1.82) is 0 Å². The van der Waals surface area contributed by atoms with Gasteiger partial charge in [0.05, 0.1) is 36.6 Å². The average Bonchev–Trinajstić information content (AvgIpc) is 3.27. The van der Waals surface area contributed by atoms with Crippen LogP contribution in [-0.2, 0) is 20.7 Å². The molecule has 3 aromatic rings. The van der Waals surface area contributed by atoms with Gasteiger partial charge in [-0.25, -0.2) is 9.78 Å². The first-order valence-corrected chi connectivity index (χ1v) is 10.2. The van der Waals surface area contributed by atoms with Crippen LogP contribution in [0.5, 0.6) is 0 Å². The Morgan fingerprint density at radius 3 is 2.87 bits per heavy atom. The van der Waals surface area contributed by atoms with Crippen molar-refractivity contribution >= 4 is 45.6 Å². The zero-order valence-corrected chi connectivity index (χ0v) is 18.0. The van der Waals surface area contributed by atoms with Crippen molar-refractivity contribution in [2.75, 3.05) is 12.0 Å². The van der Waals surface area contributed by atoms with Gasteiger partial charge in [-0.05, 0) is 45.4 Å². The van der Waals surface area contributed by atoms with E-state index in [0.717, 1.165) is 10.9 Å². The number of esters is 1. The summed E-state index contributed by atoms with van der Waals surface area (Å²) >= 11 is 1.35. The third-order valence-electron chi connectivity index (χ3n) is 3.71. The number of aromatic nitrogens is 3. The maximum atomic E-state index is 12.3. The molecule has 0 unspecified atom stereocenters. The number of hydrogen-bond acceptors (Lipinski definition) is 9. The lowest BCUT2D eigenvalue weighted by Gasteiger charge is -2.19. The van der Waals surface area contributed by atoms with Gasteiger partial charge in [-0.2, -0.15) is 14.9 Å². The smallest absolute Gasteiger partial charge is 0.435 e. The number of hydrogen-bond donors (Lipinski definition) is 1. The maximum absolute atomic E-state index is 12.3. The second-order valence-corrected chi connectivity index (χ2v) is 8.21. The first-order valence-electron chi connectivity index (χ1n) is 9.35. The van der Waals surface area contributed by atoms with Gasteiger partial charge in [0.25, 0.3) is 0 Å². The minimum Gasteiger partial charge on any atom is -0.466 e. The van der Waals surface area contributed by atoms with Crippen molar-refractivity contribution in [2.24, 2.45) is 5.10 Å². The van der Waals surface area contributed by atoms with E-state index in [0.29, 0.717) is 22.9 Å². The van der Waals surface area contributed by atoms with E-state index in [9.17, 15) is 9.59 Å². The van der Waals surface area contributed by atoms with Crippen molar-refractivity contribution < 1.29 is 19.1 Å². The number of thiazole rings is 1. The summed E-state index contributed by atoms with van der Waals surface area (Å²) in [5.41, 5.74) is 4.35. The highest BCUT2D eigenvalue weighted by Crippen LogP contribution is 2.18. The van der Waals surface area contributed by atoms with Gasteiger partial charge in [-0.15, -0.1) is 11.3 Å². The number of anilines is 1. The second kappa shape index (κ2) is 9.04. The Morgan fingerprint density at radius 2 is 2.13 bits per heavy atom. The normalized spacial score (nSPS) is 11.7. The van der Waals surface area contributed by atoms with Crippen molar-refractivity contribution in [1.82, 2.24) is 14.8 Å². The third-order valence-corrected chi connectivity index (χ3v) is 4.51. The van der Waals surface area contributed by atoms with Gasteiger partial charge >= 0.3 is 12.1 Å². The van der Waals surface area contributed by atoms with E-state index in [2.05, 4.69) is 20.6 Å². The molecule has 0 spiro atoms. The monoisotopic (exact) mass is 429 g/mol. The number of fused-ring (bicyclic) bond motifs is 1. The zero-order valence-electron chi connectivity index (χ0n) is 17.2. The molecule has 0 radical (unpaired) electrons. The van der Waals surface area contributed by atoms with Crippen LogP contribution in [0.2, 0.25) is 0 Å². The van der Waals surface area contributed by atoms with Crippen LogP contribution >= 0.6 is 11.3 Å². The summed E-state index contributed by atoms with van der Waals surface area (Å²) in [7, 11) is 0. The minimum atomic E-state index is -0.598. The third kappa shape index (κ3) is 5.63. The molecule has 10 heteroatoms. The maximum Gasteiger partial charge on any atom is 0.435 e. The lowest BCUT2D eigenvalue weighted by atomic mass is 10.2. The Morgan fingerprint density at radius 1 is 1.33 bits per heavy atom. The van der Waals surface area contributed by atoms with Gasteiger partial charge < -0.3 is 9.47 Å². The highest BCUT2D eigenvalue weighted by atomic mass is 32.1. The molecule has 0 aliphatic heterocycles. The standard InChI is InChI=1S/C20H23N5O4S/c1-5-28-17(26)9-15-12-30-18(23-15)24-21-10-13-6-7-16-14(8-13)11-22-25(16)19(27)29-20(2,3)4/h6-8,10-12H,5,9H2,1-4H3,(H,23,24). The summed E-state index contributed by atoms with van der Waals surface area (Å²) in [6, 6.07) is 5.47. The Balaban J connectivity index is 1.64. The second-order valence-electron chi connectivity index (χ2n) is 7.35. The first kappa shape index (κ1) is 21.4. The molecule has 30 heavy (non-hydrogen) atoms. The number of hydrazone groups is 1. The first-order chi connectivity index (χ1) is 14.2. The molecule has 0 aliphatic carbocycles. The molecule has 0 aliphatic rings. The number of carbonyl (C=O) groups excluding carboxylic acids is 2. The summed E-state index contributed by atoms with van der Waals surface area (Å²) in [4.78, 5) is 28.1. The van der Waals surface area contributed by atoms with Crippen molar-refractivity contribution in [3.8, 4) is 0 Å². The number of rotatable bonds is 6. The SMILES string of the molecule is CCOC(=O)Cc1csc(NN=Cc2ccc3c(cnn3C(=O)OC(C)(C)C)c2)n1. The number of nitrogens with zero attached hydrogens (tertiary/aromatic N) is 4. The summed E-state index contributed by atoms with van der Waals surface area (Å²) in [5, 5.41) is 11.4. The Bertz CT molecular complexity index is 1080. The molecule has 9 nitrogen and oxygen atoms in total. The molecule has 0 amide bonds. The van der Waals surface area contributed by atoms with Crippen LogP contribution < -0.4 is 5.43 Å². The molecule has 1 aromatic carbocycles. The number of carbonyl (C=O) groups is 2. The molecular weight excluding hydrogens is 406 g/mol. The number of nitrogens with one attached hydrogen (secondary N) is 1. The van der Waals surface area contributed by atoms with Gasteiger partial charge in [0.1, 0.15) is 5.60 Å². The Hall–Kier alpha value is -3.27. The number of benzene rings is 1. The van der Waals surface area contributed by atoms with E-state index in [-0.39, 0.29) is 12.4 Å². The van der Waals surface area contributed by atoms with Crippen LogP contribution in [-0.4, -0.2) is 45.2 Å². The summed E-state index contributed by atoms with van der Waals surface area (Å²) in [6.07, 6.45) is 2.85. The van der Waals surface area contributed by atoms with Gasteiger partial charge in [0.15, 0.2) is 0 Å². The minimum absolute atomic E-state index is 0.133. The highest BCUT2D eigenvalue weighted by molar-refractivity contribution is 7.13. The Labute approximate surface area is 177 Å².